The zero-order valence-electron chi connectivity index (χ0n) is 12.1. The van der Waals surface area contributed by atoms with Gasteiger partial charge in [-0.1, -0.05) is 47.5 Å². The molecule has 0 radical (unpaired) electrons. The van der Waals surface area contributed by atoms with Crippen molar-refractivity contribution in [2.45, 2.75) is 31.3 Å². The van der Waals surface area contributed by atoms with Crippen LogP contribution in [0.5, 0.6) is 0 Å². The first-order valence-corrected chi connectivity index (χ1v) is 8.01. The summed E-state index contributed by atoms with van der Waals surface area (Å²) in [4.78, 5) is 12.5. The summed E-state index contributed by atoms with van der Waals surface area (Å²) in [6.45, 7) is 1.93. The molecule has 2 nitrogen and oxygen atoms in total. The highest BCUT2D eigenvalue weighted by atomic mass is 35.5. The van der Waals surface area contributed by atoms with Crippen molar-refractivity contribution in [2.75, 3.05) is 0 Å². The van der Waals surface area contributed by atoms with Crippen LogP contribution >= 0.6 is 23.2 Å². The number of carbonyl (C=O) groups is 1. The number of halogens is 2. The number of ether oxygens (including phenoxy) is 1. The molecule has 0 spiro atoms. The molecule has 0 amide bonds. The number of benzene rings is 2. The van der Waals surface area contributed by atoms with Gasteiger partial charge < -0.3 is 4.74 Å². The molecule has 3 unspecified atom stereocenters. The second kappa shape index (κ2) is 6.31. The van der Waals surface area contributed by atoms with Crippen molar-refractivity contribution in [2.24, 2.45) is 0 Å². The van der Waals surface area contributed by atoms with Crippen LogP contribution in [0.4, 0.5) is 0 Å². The summed E-state index contributed by atoms with van der Waals surface area (Å²) in [6, 6.07) is 15.1. The van der Waals surface area contributed by atoms with E-state index in [1.807, 2.05) is 43.3 Å². The first-order valence-electron chi connectivity index (χ1n) is 7.26. The van der Waals surface area contributed by atoms with E-state index in [-0.39, 0.29) is 23.9 Å². The molecule has 114 valence electrons. The average molecular weight is 335 g/mol. The Morgan fingerprint density at radius 1 is 0.909 bits per heavy atom. The molecule has 2 aromatic carbocycles. The molecule has 0 aromatic heterocycles. The minimum Gasteiger partial charge on any atom is -0.462 e. The molecule has 3 atom stereocenters. The van der Waals surface area contributed by atoms with Gasteiger partial charge in [-0.25, -0.2) is 0 Å². The van der Waals surface area contributed by atoms with Gasteiger partial charge in [0.1, 0.15) is 0 Å². The lowest BCUT2D eigenvalue weighted by atomic mass is 9.77. The Kier molecular flexibility index (Phi) is 4.42. The lowest BCUT2D eigenvalue weighted by Gasteiger charge is -2.34. The van der Waals surface area contributed by atoms with E-state index in [1.54, 1.807) is 12.1 Å². The molecule has 1 fully saturated rings. The number of cyclic esters (lactones) is 1. The molecular weight excluding hydrogens is 319 g/mol. The molecule has 0 bridgehead atoms. The van der Waals surface area contributed by atoms with Crippen molar-refractivity contribution < 1.29 is 9.53 Å². The Bertz CT molecular complexity index is 664. The third-order valence-electron chi connectivity index (χ3n) is 4.09. The van der Waals surface area contributed by atoms with Crippen molar-refractivity contribution in [3.05, 3.63) is 69.7 Å². The number of rotatable bonds is 2. The Labute approximate surface area is 140 Å². The lowest BCUT2D eigenvalue weighted by Crippen LogP contribution is -2.34. The van der Waals surface area contributed by atoms with Gasteiger partial charge in [0.05, 0.1) is 12.0 Å². The Hall–Kier alpha value is -1.51. The molecule has 0 saturated carbocycles. The quantitative estimate of drug-likeness (QED) is 0.706. The van der Waals surface area contributed by atoms with Gasteiger partial charge in [0.15, 0.2) is 0 Å². The SMILES string of the molecule is CC1CC(c2ccc(Cl)cc2)C(c2ccc(Cl)cc2)C(=O)O1. The third-order valence-corrected chi connectivity index (χ3v) is 4.59. The van der Waals surface area contributed by atoms with Crippen molar-refractivity contribution in [3.8, 4) is 0 Å². The second-order valence-corrected chi connectivity index (χ2v) is 6.54. The molecular formula is C18H16Cl2O2. The summed E-state index contributed by atoms with van der Waals surface area (Å²) >= 11 is 11.9. The van der Waals surface area contributed by atoms with E-state index < -0.39 is 0 Å². The first kappa shape index (κ1) is 15.4. The van der Waals surface area contributed by atoms with Gasteiger partial charge in [0.2, 0.25) is 0 Å². The minimum absolute atomic E-state index is 0.0784. The van der Waals surface area contributed by atoms with Gasteiger partial charge in [0, 0.05) is 16.0 Å². The van der Waals surface area contributed by atoms with E-state index in [0.29, 0.717) is 10.0 Å². The van der Waals surface area contributed by atoms with Crippen LogP contribution in [0.25, 0.3) is 0 Å². The highest BCUT2D eigenvalue weighted by molar-refractivity contribution is 6.30. The Balaban J connectivity index is 2.00. The molecule has 0 N–H and O–H groups in total. The average Bonchev–Trinajstić information content (AvgIpc) is 2.49. The predicted molar refractivity (Wildman–Crippen MR) is 88.6 cm³/mol. The van der Waals surface area contributed by atoms with Gasteiger partial charge >= 0.3 is 5.97 Å². The van der Waals surface area contributed by atoms with E-state index in [9.17, 15) is 4.79 Å². The van der Waals surface area contributed by atoms with Crippen LogP contribution in [-0.4, -0.2) is 12.1 Å². The van der Waals surface area contributed by atoms with Crippen molar-refractivity contribution in [1.29, 1.82) is 0 Å². The van der Waals surface area contributed by atoms with Gasteiger partial charge in [0.25, 0.3) is 0 Å². The number of esters is 1. The molecule has 1 aliphatic rings. The van der Waals surface area contributed by atoms with Crippen LogP contribution in [-0.2, 0) is 9.53 Å². The maximum absolute atomic E-state index is 12.5. The van der Waals surface area contributed by atoms with E-state index in [4.69, 9.17) is 27.9 Å². The van der Waals surface area contributed by atoms with E-state index in [2.05, 4.69) is 0 Å². The maximum atomic E-state index is 12.5. The van der Waals surface area contributed by atoms with Crippen LogP contribution in [0.1, 0.15) is 36.3 Å². The zero-order valence-corrected chi connectivity index (χ0v) is 13.6. The first-order chi connectivity index (χ1) is 10.5. The third kappa shape index (κ3) is 3.13. The highest BCUT2D eigenvalue weighted by Gasteiger charge is 2.38. The molecule has 4 heteroatoms. The Morgan fingerprint density at radius 3 is 1.95 bits per heavy atom. The number of hydrogen-bond acceptors (Lipinski definition) is 2. The molecule has 3 rings (SSSR count). The molecule has 1 aliphatic heterocycles. The molecule has 22 heavy (non-hydrogen) atoms. The van der Waals surface area contributed by atoms with Crippen LogP contribution in [0, 0.1) is 0 Å². The fourth-order valence-corrected chi connectivity index (χ4v) is 3.31. The Morgan fingerprint density at radius 2 is 1.41 bits per heavy atom. The highest BCUT2D eigenvalue weighted by Crippen LogP contribution is 2.42. The van der Waals surface area contributed by atoms with E-state index >= 15 is 0 Å². The summed E-state index contributed by atoms with van der Waals surface area (Å²) in [5.74, 6) is -0.412. The molecule has 2 aromatic rings. The van der Waals surface area contributed by atoms with Crippen molar-refractivity contribution in [1.82, 2.24) is 0 Å². The fraction of sp³-hybridized carbons (Fsp3) is 0.278. The zero-order chi connectivity index (χ0) is 15.7. The second-order valence-electron chi connectivity index (χ2n) is 5.67. The normalized spacial score (nSPS) is 24.9. The molecule has 0 aliphatic carbocycles. The smallest absolute Gasteiger partial charge is 0.314 e. The fourth-order valence-electron chi connectivity index (χ4n) is 3.05. The number of carbonyl (C=O) groups excluding carboxylic acids is 1. The standard InChI is InChI=1S/C18H16Cl2O2/c1-11-10-16(12-2-6-14(19)7-3-12)17(18(21)22-11)13-4-8-15(20)9-5-13/h2-9,11,16-17H,10H2,1H3. The van der Waals surface area contributed by atoms with Crippen molar-refractivity contribution in [3.63, 3.8) is 0 Å². The van der Waals surface area contributed by atoms with Crippen LogP contribution < -0.4 is 0 Å². The topological polar surface area (TPSA) is 26.3 Å². The van der Waals surface area contributed by atoms with Gasteiger partial charge in [-0.05, 0) is 48.7 Å². The maximum Gasteiger partial charge on any atom is 0.314 e. The summed E-state index contributed by atoms with van der Waals surface area (Å²) in [6.07, 6.45) is 0.706. The molecule has 1 heterocycles. The van der Waals surface area contributed by atoms with E-state index in [0.717, 1.165) is 17.5 Å². The predicted octanol–water partition coefficient (Wildman–Crippen LogP) is 5.20. The minimum atomic E-state index is -0.311. The van der Waals surface area contributed by atoms with Crippen LogP contribution in [0.15, 0.2) is 48.5 Å². The van der Waals surface area contributed by atoms with Crippen molar-refractivity contribution >= 4 is 29.2 Å². The summed E-state index contributed by atoms with van der Waals surface area (Å²) in [5.41, 5.74) is 2.04. The summed E-state index contributed by atoms with van der Waals surface area (Å²) < 4.78 is 5.46. The summed E-state index contributed by atoms with van der Waals surface area (Å²) in [7, 11) is 0. The van der Waals surface area contributed by atoms with Gasteiger partial charge in [-0.15, -0.1) is 0 Å². The van der Waals surface area contributed by atoms with Gasteiger partial charge in [-0.2, -0.15) is 0 Å². The largest absolute Gasteiger partial charge is 0.462 e. The van der Waals surface area contributed by atoms with Crippen LogP contribution in [0.3, 0.4) is 0 Å². The lowest BCUT2D eigenvalue weighted by molar-refractivity contribution is -0.156. The molecule has 1 saturated heterocycles. The van der Waals surface area contributed by atoms with Gasteiger partial charge in [-0.3, -0.25) is 4.79 Å². The summed E-state index contributed by atoms with van der Waals surface area (Å²) in [5, 5.41) is 1.35. The monoisotopic (exact) mass is 334 g/mol. The van der Waals surface area contributed by atoms with E-state index in [1.165, 1.54) is 0 Å². The van der Waals surface area contributed by atoms with Crippen LogP contribution in [0.2, 0.25) is 10.0 Å². The number of hydrogen-bond donors (Lipinski definition) is 0.